The average molecular weight is 835 g/mol. The van der Waals surface area contributed by atoms with Gasteiger partial charge in [0.25, 0.3) is 0 Å². The number of aromatic nitrogens is 4. The molecule has 7 rings (SSSR count). The Hall–Kier alpha value is -4.50. The van der Waals surface area contributed by atoms with Crippen LogP contribution in [0.4, 0.5) is 0 Å². The Balaban J connectivity index is 0.00000532. The van der Waals surface area contributed by atoms with Gasteiger partial charge in [0.1, 0.15) is 5.82 Å². The second-order valence-corrected chi connectivity index (χ2v) is 18.4. The predicted molar refractivity (Wildman–Crippen MR) is 230 cm³/mol. The molecule has 0 atom stereocenters. The van der Waals surface area contributed by atoms with Crippen molar-refractivity contribution in [3.05, 3.63) is 130 Å². The molecule has 56 heavy (non-hydrogen) atoms. The van der Waals surface area contributed by atoms with Crippen molar-refractivity contribution in [3.63, 3.8) is 0 Å². The predicted octanol–water partition coefficient (Wildman–Crippen LogP) is 13.2. The van der Waals surface area contributed by atoms with Crippen molar-refractivity contribution in [1.29, 1.82) is 0 Å². The van der Waals surface area contributed by atoms with Crippen LogP contribution in [0.15, 0.2) is 79.0 Å². The van der Waals surface area contributed by atoms with Crippen LogP contribution in [-0.4, -0.2) is 19.3 Å². The van der Waals surface area contributed by atoms with Gasteiger partial charge in [0.05, 0.1) is 5.69 Å². The van der Waals surface area contributed by atoms with Gasteiger partial charge in [0.2, 0.25) is 0 Å². The fourth-order valence-electron chi connectivity index (χ4n) is 7.93. The summed E-state index contributed by atoms with van der Waals surface area (Å²) in [6.07, 6.45) is 3.99. The molecule has 292 valence electrons. The minimum Gasteiger partial charge on any atom is -0.509 e. The number of hydrogen-bond donors (Lipinski definition) is 0. The van der Waals surface area contributed by atoms with Crippen molar-refractivity contribution in [1.82, 2.24) is 19.3 Å². The van der Waals surface area contributed by atoms with Crippen molar-refractivity contribution in [2.24, 2.45) is 0 Å². The number of hydrogen-bond acceptors (Lipinski definition) is 3. The molecule has 0 radical (unpaired) electrons. The number of nitrogens with zero attached hydrogens (tertiary/aromatic N) is 4. The topological polar surface area (TPSA) is 44.9 Å². The third-order valence-electron chi connectivity index (χ3n) is 10.7. The second-order valence-electron chi connectivity index (χ2n) is 18.4. The van der Waals surface area contributed by atoms with Crippen LogP contribution < -0.4 is 4.74 Å². The molecule has 0 aliphatic heterocycles. The van der Waals surface area contributed by atoms with Gasteiger partial charge in [-0.3, -0.25) is 4.68 Å². The van der Waals surface area contributed by atoms with Gasteiger partial charge < -0.3 is 9.30 Å². The van der Waals surface area contributed by atoms with E-state index in [4.69, 9.17) is 14.8 Å². The first-order valence-corrected chi connectivity index (χ1v) is 19.7. The zero-order chi connectivity index (χ0) is 39.6. The molecular weight excluding hydrogens is 779 g/mol. The molecule has 7 aromatic rings. The average Bonchev–Trinajstić information content (AvgIpc) is 3.59. The minimum atomic E-state index is -0.147. The molecule has 0 unspecified atom stereocenters. The minimum absolute atomic E-state index is 0. The van der Waals surface area contributed by atoms with E-state index < -0.39 is 0 Å². The molecule has 6 heteroatoms. The number of benzene rings is 4. The van der Waals surface area contributed by atoms with Gasteiger partial charge in [-0.2, -0.15) is 11.2 Å². The zero-order valence-electron chi connectivity index (χ0n) is 35.4. The van der Waals surface area contributed by atoms with Gasteiger partial charge in [0.15, 0.2) is 0 Å². The van der Waals surface area contributed by atoms with Crippen molar-refractivity contribution in [2.75, 3.05) is 0 Å². The molecule has 0 N–H and O–H groups in total. The third-order valence-corrected chi connectivity index (χ3v) is 10.7. The van der Waals surface area contributed by atoms with Crippen molar-refractivity contribution in [3.8, 4) is 34.1 Å². The van der Waals surface area contributed by atoms with Gasteiger partial charge >= 0.3 is 20.4 Å². The Morgan fingerprint density at radius 3 is 2.02 bits per heavy atom. The van der Waals surface area contributed by atoms with Gasteiger partial charge in [-0.15, -0.1) is 41.3 Å². The smallest absolute Gasteiger partial charge is 0.509 e. The van der Waals surface area contributed by atoms with Gasteiger partial charge in [0, 0.05) is 34.5 Å². The van der Waals surface area contributed by atoms with Gasteiger partial charge in [-0.1, -0.05) is 117 Å². The molecule has 0 saturated carbocycles. The van der Waals surface area contributed by atoms with E-state index in [1.165, 1.54) is 33.4 Å². The van der Waals surface area contributed by atoms with Crippen molar-refractivity contribution in [2.45, 2.75) is 119 Å². The molecule has 0 amide bonds. The molecule has 0 fully saturated rings. The molecule has 0 aliphatic rings. The molecule has 5 nitrogen and oxygen atoms in total. The van der Waals surface area contributed by atoms with E-state index in [1.807, 2.05) is 12.3 Å². The molecule has 3 heterocycles. The van der Waals surface area contributed by atoms with Crippen LogP contribution in [0, 0.1) is 32.9 Å². The summed E-state index contributed by atoms with van der Waals surface area (Å²) in [6, 6.07) is 33.3. The van der Waals surface area contributed by atoms with E-state index >= 15 is 0 Å². The maximum absolute atomic E-state index is 6.75. The van der Waals surface area contributed by atoms with E-state index in [-0.39, 0.29) is 36.7 Å². The molecular formula is C50H56N4OPd. The van der Waals surface area contributed by atoms with E-state index in [1.54, 1.807) is 0 Å². The number of fused-ring (bicyclic) bond motifs is 3. The van der Waals surface area contributed by atoms with Crippen LogP contribution in [0.2, 0.25) is 0 Å². The first kappa shape index (κ1) is 41.1. The standard InChI is InChI=1S/C50H56N4O.Pd/c1-14-17-34-22-23-51-45(26-34)53-43-19-16-15-18-39(43)40-21-20-37(30-44(40)53)55-38-28-35(48(5,6)7)27-36(29-38)54-33(4)46(32(3)52-54)47-41(49(8,9)10)24-31(2)25-42(47)50(11,12)13;/h15-16,18-28H,14,17H2,1-13H3;/q-2;+2. The summed E-state index contributed by atoms with van der Waals surface area (Å²) in [4.78, 5) is 4.83. The largest absolute Gasteiger partial charge is 2.00 e. The number of ether oxygens (including phenoxy) is 1. The van der Waals surface area contributed by atoms with Crippen LogP contribution in [-0.2, 0) is 43.1 Å². The normalized spacial score (nSPS) is 12.4. The Labute approximate surface area is 348 Å². The number of para-hydroxylation sites is 1. The van der Waals surface area contributed by atoms with Crippen LogP contribution in [0.3, 0.4) is 0 Å². The third kappa shape index (κ3) is 7.76. The summed E-state index contributed by atoms with van der Waals surface area (Å²) in [6.45, 7) is 29.3. The number of rotatable bonds is 7. The van der Waals surface area contributed by atoms with E-state index in [9.17, 15) is 0 Å². The second kappa shape index (κ2) is 15.1. The van der Waals surface area contributed by atoms with E-state index in [2.05, 4.69) is 178 Å². The summed E-state index contributed by atoms with van der Waals surface area (Å²) < 4.78 is 11.0. The number of pyridine rings is 1. The summed E-state index contributed by atoms with van der Waals surface area (Å²) in [5.41, 5.74) is 13.6. The fourth-order valence-corrected chi connectivity index (χ4v) is 7.93. The maximum atomic E-state index is 6.75. The molecule has 3 aromatic heterocycles. The van der Waals surface area contributed by atoms with Crippen molar-refractivity contribution < 1.29 is 25.2 Å². The quantitative estimate of drug-likeness (QED) is 0.119. The van der Waals surface area contributed by atoms with Crippen LogP contribution in [0.5, 0.6) is 11.5 Å². The summed E-state index contributed by atoms with van der Waals surface area (Å²) in [5.74, 6) is 2.12. The summed E-state index contributed by atoms with van der Waals surface area (Å²) in [7, 11) is 0. The first-order chi connectivity index (χ1) is 25.8. The molecule has 0 saturated heterocycles. The molecule has 0 bridgehead atoms. The summed E-state index contributed by atoms with van der Waals surface area (Å²) >= 11 is 0. The first-order valence-electron chi connectivity index (χ1n) is 19.7. The van der Waals surface area contributed by atoms with Crippen LogP contribution >= 0.6 is 0 Å². The fraction of sp³-hybridized carbons (Fsp3) is 0.360. The SMILES string of the molecule is CCCc1ccnc(-n2c3[c-]c(Oc4[c-]c(-n5nc(C)c(-c6c(C(C)(C)C)cc(C)cc6C(C)(C)C)c5C)cc(C(C)(C)C)c4)ccc3c3ccccc32)c1.[Pd+2]. The Morgan fingerprint density at radius 1 is 0.696 bits per heavy atom. The van der Waals surface area contributed by atoms with Crippen molar-refractivity contribution >= 4 is 21.8 Å². The van der Waals surface area contributed by atoms with Crippen LogP contribution in [0.25, 0.3) is 44.4 Å². The maximum Gasteiger partial charge on any atom is 2.00 e. The van der Waals surface area contributed by atoms with E-state index in [0.717, 1.165) is 63.1 Å². The Bertz CT molecular complexity index is 2530. The molecule has 4 aromatic carbocycles. The molecule has 0 spiro atoms. The van der Waals surface area contributed by atoms with Gasteiger partial charge in [-0.05, 0) is 95.0 Å². The molecule has 0 aliphatic carbocycles. The monoisotopic (exact) mass is 834 g/mol. The van der Waals surface area contributed by atoms with Gasteiger partial charge in [-0.25, -0.2) is 4.98 Å². The van der Waals surface area contributed by atoms with Crippen LogP contribution in [0.1, 0.15) is 115 Å². The summed E-state index contributed by atoms with van der Waals surface area (Å²) in [5, 5.41) is 7.50. The number of aryl methyl sites for hydroxylation is 3. The Morgan fingerprint density at radius 2 is 1.38 bits per heavy atom. The zero-order valence-corrected chi connectivity index (χ0v) is 37.0. The Kier molecular flexibility index (Phi) is 11.1. The van der Waals surface area contributed by atoms with E-state index in [0.29, 0.717) is 11.5 Å².